The first kappa shape index (κ1) is 40.7. The lowest BCUT2D eigenvalue weighted by molar-refractivity contribution is 0.331. The SMILES string of the molecule is Cc1cc2c3c(c1)N(c1ccc4c(c1)C(C)(C)CCC4(C)C)c1c(ccc4c1C(C)(C)CCC4(C)C)B3c1c(sc3ccccc13)N2c1ccc(C(C)(C)C)cc1-c1ccccc1. The van der Waals surface area contributed by atoms with Gasteiger partial charge in [0, 0.05) is 33.0 Å². The fourth-order valence-corrected chi connectivity index (χ4v) is 13.4. The molecule has 63 heavy (non-hydrogen) atoms. The van der Waals surface area contributed by atoms with Crippen LogP contribution in [0.3, 0.4) is 0 Å². The Balaban J connectivity index is 1.28. The Hall–Kier alpha value is -5.06. The highest BCUT2D eigenvalue weighted by Crippen LogP contribution is 2.56. The Bertz CT molecular complexity index is 3030. The standard InChI is InChI=1S/C59H63BN2S/c1-36-32-47-52-48(33-36)62(46-27-22-38(55(2,3)4)34-41(46)37-18-14-13-15-19-37)54-51(40-20-16-17-21-49(40)63-54)60(52)45-26-25-43-50(59(11,12)31-30-57(43,7)8)53(45)61(47)39-23-24-42-44(35-39)58(9,10)29-28-56(42,5)6/h13-27,32-35H,28-31H2,1-12H3. The first-order valence-electron chi connectivity index (χ1n) is 23.6. The summed E-state index contributed by atoms with van der Waals surface area (Å²) in [5.41, 5.74) is 22.3. The van der Waals surface area contributed by atoms with Crippen molar-refractivity contribution in [1.82, 2.24) is 0 Å². The van der Waals surface area contributed by atoms with Gasteiger partial charge < -0.3 is 9.80 Å². The number of aryl methyl sites for hydroxylation is 1. The maximum Gasteiger partial charge on any atom is 0.254 e. The maximum absolute atomic E-state index is 2.76. The number of benzene rings is 6. The summed E-state index contributed by atoms with van der Waals surface area (Å²) in [7, 11) is 0. The van der Waals surface area contributed by atoms with Gasteiger partial charge in [-0.3, -0.25) is 0 Å². The van der Waals surface area contributed by atoms with Crippen LogP contribution in [0.1, 0.15) is 135 Å². The summed E-state index contributed by atoms with van der Waals surface area (Å²) < 4.78 is 1.34. The van der Waals surface area contributed by atoms with Crippen molar-refractivity contribution in [2.24, 2.45) is 0 Å². The van der Waals surface area contributed by atoms with E-state index in [9.17, 15) is 0 Å². The fourth-order valence-electron chi connectivity index (χ4n) is 12.1. The van der Waals surface area contributed by atoms with Crippen LogP contribution in [-0.4, -0.2) is 6.71 Å². The van der Waals surface area contributed by atoms with Crippen molar-refractivity contribution >= 4 is 78.0 Å². The quantitative estimate of drug-likeness (QED) is 0.164. The van der Waals surface area contributed by atoms with Crippen molar-refractivity contribution in [2.45, 2.75) is 136 Å². The molecule has 7 aromatic rings. The van der Waals surface area contributed by atoms with Gasteiger partial charge in [-0.15, -0.1) is 11.3 Å². The van der Waals surface area contributed by atoms with Crippen LogP contribution in [0, 0.1) is 6.92 Å². The molecule has 0 radical (unpaired) electrons. The summed E-state index contributed by atoms with van der Waals surface area (Å²) in [6, 6.07) is 45.3. The van der Waals surface area contributed by atoms with Gasteiger partial charge in [-0.05, 0) is 163 Å². The largest absolute Gasteiger partial charge is 0.311 e. The second-order valence-electron chi connectivity index (χ2n) is 23.2. The van der Waals surface area contributed by atoms with Gasteiger partial charge in [-0.2, -0.15) is 0 Å². The number of rotatable bonds is 3. The van der Waals surface area contributed by atoms with Crippen molar-refractivity contribution in [3.8, 4) is 11.1 Å². The van der Waals surface area contributed by atoms with Crippen LogP contribution in [0.15, 0.2) is 115 Å². The van der Waals surface area contributed by atoms with Crippen LogP contribution in [0.25, 0.3) is 21.2 Å². The minimum Gasteiger partial charge on any atom is -0.311 e. The van der Waals surface area contributed by atoms with Gasteiger partial charge >= 0.3 is 0 Å². The number of thiophene rings is 1. The van der Waals surface area contributed by atoms with E-state index in [2.05, 4.69) is 208 Å². The van der Waals surface area contributed by atoms with E-state index >= 15 is 0 Å². The van der Waals surface area contributed by atoms with E-state index < -0.39 is 0 Å². The van der Waals surface area contributed by atoms with Crippen molar-refractivity contribution in [2.75, 3.05) is 9.80 Å². The molecule has 2 aliphatic carbocycles. The molecule has 0 atom stereocenters. The first-order chi connectivity index (χ1) is 29.8. The van der Waals surface area contributed by atoms with Gasteiger partial charge in [0.2, 0.25) is 0 Å². The minimum atomic E-state index is -0.00624. The van der Waals surface area contributed by atoms with Gasteiger partial charge in [0.25, 0.3) is 6.71 Å². The number of fused-ring (bicyclic) bond motifs is 9. The summed E-state index contributed by atoms with van der Waals surface area (Å²) in [5, 5.41) is 2.70. The number of nitrogens with zero attached hydrogens (tertiary/aromatic N) is 2. The number of hydrogen-bond acceptors (Lipinski definition) is 3. The van der Waals surface area contributed by atoms with Crippen LogP contribution in [0.2, 0.25) is 0 Å². The molecular weight excluding hydrogens is 780 g/mol. The van der Waals surface area contributed by atoms with Crippen LogP contribution in [-0.2, 0) is 27.1 Å². The Morgan fingerprint density at radius 3 is 1.89 bits per heavy atom. The zero-order valence-electron chi connectivity index (χ0n) is 39.7. The molecule has 11 rings (SSSR count). The molecule has 6 aromatic carbocycles. The zero-order valence-corrected chi connectivity index (χ0v) is 40.5. The van der Waals surface area contributed by atoms with Crippen molar-refractivity contribution in [3.05, 3.63) is 149 Å². The number of hydrogen-bond donors (Lipinski definition) is 0. The topological polar surface area (TPSA) is 6.48 Å². The van der Waals surface area contributed by atoms with Crippen LogP contribution < -0.4 is 26.2 Å². The third-order valence-corrected chi connectivity index (χ3v) is 17.1. The van der Waals surface area contributed by atoms with Gasteiger partial charge in [0.15, 0.2) is 0 Å². The highest BCUT2D eigenvalue weighted by Gasteiger charge is 2.50. The molecule has 3 heterocycles. The van der Waals surface area contributed by atoms with E-state index in [0.29, 0.717) is 0 Å². The zero-order chi connectivity index (χ0) is 44.2. The Kier molecular flexibility index (Phi) is 8.72. The molecule has 4 heteroatoms. The Morgan fingerprint density at radius 1 is 0.556 bits per heavy atom. The molecule has 4 aliphatic rings. The third-order valence-electron chi connectivity index (χ3n) is 16.0. The molecule has 0 bridgehead atoms. The number of anilines is 6. The van der Waals surface area contributed by atoms with E-state index in [1.165, 1.54) is 124 Å². The van der Waals surface area contributed by atoms with Gasteiger partial charge in [-0.25, -0.2) is 0 Å². The molecule has 318 valence electrons. The third kappa shape index (κ3) is 6.02. The summed E-state index contributed by atoms with van der Waals surface area (Å²) in [5.74, 6) is 0. The van der Waals surface area contributed by atoms with Gasteiger partial charge in [0.1, 0.15) is 0 Å². The summed E-state index contributed by atoms with van der Waals surface area (Å²) in [6.07, 6.45) is 4.74. The van der Waals surface area contributed by atoms with E-state index in [4.69, 9.17) is 0 Å². The molecule has 0 saturated heterocycles. The Labute approximate surface area is 381 Å². The molecule has 0 saturated carbocycles. The lowest BCUT2D eigenvalue weighted by Crippen LogP contribution is -2.61. The summed E-state index contributed by atoms with van der Waals surface area (Å²) in [4.78, 5) is 5.43. The molecule has 0 spiro atoms. The average Bonchev–Trinajstić information content (AvgIpc) is 3.62. The molecule has 1 aromatic heterocycles. The fraction of sp³-hybridized carbons (Fsp3) is 0.356. The smallest absolute Gasteiger partial charge is 0.254 e. The highest BCUT2D eigenvalue weighted by atomic mass is 32.1. The van der Waals surface area contributed by atoms with Crippen LogP contribution in [0.4, 0.5) is 33.4 Å². The highest BCUT2D eigenvalue weighted by molar-refractivity contribution is 7.26. The molecule has 0 unspecified atom stereocenters. The second-order valence-corrected chi connectivity index (χ2v) is 24.2. The van der Waals surface area contributed by atoms with Gasteiger partial charge in [-0.1, -0.05) is 149 Å². The van der Waals surface area contributed by atoms with Crippen molar-refractivity contribution in [1.29, 1.82) is 0 Å². The molecule has 2 aliphatic heterocycles. The van der Waals surface area contributed by atoms with E-state index in [1.54, 1.807) is 0 Å². The van der Waals surface area contributed by atoms with Crippen molar-refractivity contribution in [3.63, 3.8) is 0 Å². The summed E-state index contributed by atoms with van der Waals surface area (Å²) in [6.45, 7) is 29.3. The average molecular weight is 843 g/mol. The molecule has 2 nitrogen and oxygen atoms in total. The lowest BCUT2D eigenvalue weighted by Gasteiger charge is -2.49. The molecule has 0 N–H and O–H groups in total. The van der Waals surface area contributed by atoms with E-state index in [-0.39, 0.29) is 33.8 Å². The molecular formula is C59H63BN2S. The predicted octanol–water partition coefficient (Wildman–Crippen LogP) is 15.0. The van der Waals surface area contributed by atoms with E-state index in [1.807, 2.05) is 11.3 Å². The normalized spacial score (nSPS) is 18.6. The van der Waals surface area contributed by atoms with Crippen LogP contribution >= 0.6 is 11.3 Å². The van der Waals surface area contributed by atoms with E-state index in [0.717, 1.165) is 6.42 Å². The monoisotopic (exact) mass is 842 g/mol. The predicted molar refractivity (Wildman–Crippen MR) is 275 cm³/mol. The molecule has 0 amide bonds. The van der Waals surface area contributed by atoms with Gasteiger partial charge in [0.05, 0.1) is 10.7 Å². The molecule has 0 fully saturated rings. The Morgan fingerprint density at radius 2 is 1.17 bits per heavy atom. The summed E-state index contributed by atoms with van der Waals surface area (Å²) >= 11 is 1.96. The lowest BCUT2D eigenvalue weighted by atomic mass is 9.33. The maximum atomic E-state index is 2.76. The van der Waals surface area contributed by atoms with Crippen molar-refractivity contribution < 1.29 is 0 Å². The minimum absolute atomic E-state index is 0.00464. The second kappa shape index (κ2) is 13.5. The van der Waals surface area contributed by atoms with Crippen LogP contribution in [0.5, 0.6) is 0 Å². The first-order valence-corrected chi connectivity index (χ1v) is 24.4.